The van der Waals surface area contributed by atoms with Gasteiger partial charge < -0.3 is 5.32 Å². The van der Waals surface area contributed by atoms with Gasteiger partial charge in [0.05, 0.1) is 11.4 Å². The van der Waals surface area contributed by atoms with E-state index in [1.165, 1.54) is 44.2 Å². The third kappa shape index (κ3) is 3.21. The summed E-state index contributed by atoms with van der Waals surface area (Å²) >= 11 is 3.40. The molecule has 2 rings (SSSR count). The van der Waals surface area contributed by atoms with Crippen LogP contribution in [0.15, 0.2) is 16.7 Å². The molecule has 0 unspecified atom stereocenters. The van der Waals surface area contributed by atoms with E-state index in [1.54, 1.807) is 0 Å². The van der Waals surface area contributed by atoms with Gasteiger partial charge in [0.2, 0.25) is 0 Å². The predicted octanol–water partition coefficient (Wildman–Crippen LogP) is 4.29. The molecule has 0 spiro atoms. The second-order valence-electron chi connectivity index (χ2n) is 4.60. The Bertz CT molecular complexity index is 344. The van der Waals surface area contributed by atoms with Crippen molar-refractivity contribution in [3.63, 3.8) is 0 Å². The molecule has 1 aromatic rings. The van der Waals surface area contributed by atoms with Crippen molar-refractivity contribution in [3.05, 3.63) is 22.4 Å². The molecule has 1 aromatic heterocycles. The second kappa shape index (κ2) is 5.67. The number of rotatable bonds is 2. The van der Waals surface area contributed by atoms with Gasteiger partial charge in [-0.2, -0.15) is 0 Å². The molecular weight excluding hydrogens is 264 g/mol. The summed E-state index contributed by atoms with van der Waals surface area (Å²) < 4.78 is 0.913. The molecule has 16 heavy (non-hydrogen) atoms. The molecule has 1 N–H and O–H groups in total. The van der Waals surface area contributed by atoms with E-state index in [0.29, 0.717) is 6.04 Å². The maximum Gasteiger partial charge on any atom is 0.106 e. The molecule has 1 aliphatic carbocycles. The van der Waals surface area contributed by atoms with E-state index in [0.717, 1.165) is 10.3 Å². The van der Waals surface area contributed by atoms with Gasteiger partial charge in [-0.15, -0.1) is 0 Å². The van der Waals surface area contributed by atoms with Crippen LogP contribution >= 0.6 is 15.9 Å². The molecule has 2 nitrogen and oxygen atoms in total. The molecule has 1 heterocycles. The van der Waals surface area contributed by atoms with Crippen LogP contribution in [0.2, 0.25) is 0 Å². The maximum absolute atomic E-state index is 4.42. The molecule has 0 aliphatic heterocycles. The van der Waals surface area contributed by atoms with Crippen LogP contribution in [0.25, 0.3) is 0 Å². The van der Waals surface area contributed by atoms with Crippen molar-refractivity contribution in [2.45, 2.75) is 51.5 Å². The number of hydrogen-bond acceptors (Lipinski definition) is 2. The quantitative estimate of drug-likeness (QED) is 0.647. The lowest BCUT2D eigenvalue weighted by Crippen LogP contribution is -2.19. The van der Waals surface area contributed by atoms with E-state index in [9.17, 15) is 0 Å². The fourth-order valence-electron chi connectivity index (χ4n) is 2.33. The minimum absolute atomic E-state index is 0.643. The van der Waals surface area contributed by atoms with Gasteiger partial charge in [-0.3, -0.25) is 0 Å². The van der Waals surface area contributed by atoms with Crippen molar-refractivity contribution >= 4 is 21.6 Å². The molecular formula is C13H19BrN2. The van der Waals surface area contributed by atoms with Gasteiger partial charge in [-0.25, -0.2) is 4.98 Å². The van der Waals surface area contributed by atoms with Gasteiger partial charge in [0.15, 0.2) is 0 Å². The standard InChI is InChI=1S/C13H19BrN2/c1-10-12(8-9-13(14)15-10)16-11-6-4-2-3-5-7-11/h8-9,11,16H,2-7H2,1H3. The monoisotopic (exact) mass is 282 g/mol. The van der Waals surface area contributed by atoms with E-state index < -0.39 is 0 Å². The second-order valence-corrected chi connectivity index (χ2v) is 5.41. The molecule has 0 saturated heterocycles. The average molecular weight is 283 g/mol. The van der Waals surface area contributed by atoms with Gasteiger partial charge in [-0.05, 0) is 47.8 Å². The molecule has 88 valence electrons. The first-order chi connectivity index (χ1) is 7.75. The smallest absolute Gasteiger partial charge is 0.106 e. The highest BCUT2D eigenvalue weighted by atomic mass is 79.9. The Labute approximate surface area is 106 Å². The van der Waals surface area contributed by atoms with Gasteiger partial charge in [0.25, 0.3) is 0 Å². The Morgan fingerprint density at radius 2 is 1.88 bits per heavy atom. The first-order valence-electron chi connectivity index (χ1n) is 6.15. The zero-order chi connectivity index (χ0) is 11.4. The van der Waals surface area contributed by atoms with Crippen molar-refractivity contribution in [1.29, 1.82) is 0 Å². The van der Waals surface area contributed by atoms with Crippen LogP contribution in [0.1, 0.15) is 44.2 Å². The Morgan fingerprint density at radius 3 is 2.50 bits per heavy atom. The van der Waals surface area contributed by atoms with Crippen molar-refractivity contribution in [2.75, 3.05) is 5.32 Å². The molecule has 0 radical (unpaired) electrons. The normalized spacial score (nSPS) is 18.1. The SMILES string of the molecule is Cc1nc(Br)ccc1NC1CCCCCC1. The molecule has 0 amide bonds. The van der Waals surface area contributed by atoms with Crippen molar-refractivity contribution < 1.29 is 0 Å². The van der Waals surface area contributed by atoms with Crippen LogP contribution < -0.4 is 5.32 Å². The van der Waals surface area contributed by atoms with Crippen LogP contribution in [-0.4, -0.2) is 11.0 Å². The van der Waals surface area contributed by atoms with Gasteiger partial charge in [0.1, 0.15) is 4.60 Å². The number of pyridine rings is 1. The van der Waals surface area contributed by atoms with Gasteiger partial charge in [-0.1, -0.05) is 25.7 Å². The number of aromatic nitrogens is 1. The van der Waals surface area contributed by atoms with Crippen LogP contribution in [0.5, 0.6) is 0 Å². The number of aryl methyl sites for hydroxylation is 1. The van der Waals surface area contributed by atoms with Crippen LogP contribution in [0.3, 0.4) is 0 Å². The van der Waals surface area contributed by atoms with Crippen LogP contribution in [-0.2, 0) is 0 Å². The number of nitrogens with zero attached hydrogens (tertiary/aromatic N) is 1. The fraction of sp³-hybridized carbons (Fsp3) is 0.615. The molecule has 0 bridgehead atoms. The third-order valence-electron chi connectivity index (χ3n) is 3.27. The molecule has 1 saturated carbocycles. The Morgan fingerprint density at radius 1 is 1.19 bits per heavy atom. The Balaban J connectivity index is 2.01. The maximum atomic E-state index is 4.42. The summed E-state index contributed by atoms with van der Waals surface area (Å²) in [6, 6.07) is 4.77. The van der Waals surface area contributed by atoms with Crippen LogP contribution in [0.4, 0.5) is 5.69 Å². The lowest BCUT2D eigenvalue weighted by molar-refractivity contribution is 0.619. The molecule has 1 fully saturated rings. The first-order valence-corrected chi connectivity index (χ1v) is 6.95. The number of anilines is 1. The summed E-state index contributed by atoms with van der Waals surface area (Å²) in [6.45, 7) is 2.06. The molecule has 0 aromatic carbocycles. The highest BCUT2D eigenvalue weighted by Crippen LogP contribution is 2.23. The van der Waals surface area contributed by atoms with Crippen molar-refractivity contribution in [1.82, 2.24) is 4.98 Å². The highest BCUT2D eigenvalue weighted by molar-refractivity contribution is 9.10. The van der Waals surface area contributed by atoms with E-state index in [-0.39, 0.29) is 0 Å². The van der Waals surface area contributed by atoms with Crippen molar-refractivity contribution in [2.24, 2.45) is 0 Å². The van der Waals surface area contributed by atoms with E-state index >= 15 is 0 Å². The lowest BCUT2D eigenvalue weighted by Gasteiger charge is -2.18. The summed E-state index contributed by atoms with van der Waals surface area (Å²) in [4.78, 5) is 4.42. The first kappa shape index (κ1) is 11.9. The zero-order valence-corrected chi connectivity index (χ0v) is 11.4. The minimum atomic E-state index is 0.643. The predicted molar refractivity (Wildman–Crippen MR) is 71.8 cm³/mol. The van der Waals surface area contributed by atoms with E-state index in [4.69, 9.17) is 0 Å². The summed E-state index contributed by atoms with van der Waals surface area (Å²) in [6.07, 6.45) is 8.12. The van der Waals surface area contributed by atoms with E-state index in [2.05, 4.69) is 39.2 Å². The lowest BCUT2D eigenvalue weighted by atomic mass is 10.1. The Kier molecular flexibility index (Phi) is 4.22. The average Bonchev–Trinajstić information content (AvgIpc) is 2.51. The number of hydrogen-bond donors (Lipinski definition) is 1. The van der Waals surface area contributed by atoms with Crippen molar-refractivity contribution in [3.8, 4) is 0 Å². The van der Waals surface area contributed by atoms with Gasteiger partial charge >= 0.3 is 0 Å². The molecule has 1 aliphatic rings. The van der Waals surface area contributed by atoms with Crippen LogP contribution in [0, 0.1) is 6.92 Å². The number of nitrogens with one attached hydrogen (secondary N) is 1. The zero-order valence-electron chi connectivity index (χ0n) is 9.80. The summed E-state index contributed by atoms with van der Waals surface area (Å²) in [5.74, 6) is 0. The Hall–Kier alpha value is -0.570. The largest absolute Gasteiger partial charge is 0.381 e. The third-order valence-corrected chi connectivity index (χ3v) is 3.71. The summed E-state index contributed by atoms with van der Waals surface area (Å²) in [5, 5.41) is 3.63. The highest BCUT2D eigenvalue weighted by Gasteiger charge is 2.12. The molecule has 3 heteroatoms. The summed E-state index contributed by atoms with van der Waals surface area (Å²) in [5.41, 5.74) is 2.27. The van der Waals surface area contributed by atoms with E-state index in [1.807, 2.05) is 6.07 Å². The molecule has 0 atom stereocenters. The fourth-order valence-corrected chi connectivity index (χ4v) is 2.72. The summed E-state index contributed by atoms with van der Waals surface area (Å²) in [7, 11) is 0. The minimum Gasteiger partial charge on any atom is -0.381 e. The number of halogens is 1. The van der Waals surface area contributed by atoms with Gasteiger partial charge in [0, 0.05) is 6.04 Å². The topological polar surface area (TPSA) is 24.9 Å².